The molecule has 1 heterocycles. The summed E-state index contributed by atoms with van der Waals surface area (Å²) in [5.74, 6) is -0.874. The first kappa shape index (κ1) is 14.7. The van der Waals surface area contributed by atoms with Crippen LogP contribution in [0.15, 0.2) is 18.2 Å². The van der Waals surface area contributed by atoms with Crippen LogP contribution in [0.5, 0.6) is 0 Å². The van der Waals surface area contributed by atoms with Crippen LogP contribution in [0, 0.1) is 12.3 Å². The van der Waals surface area contributed by atoms with Crippen molar-refractivity contribution in [2.75, 3.05) is 18.4 Å². The van der Waals surface area contributed by atoms with Crippen molar-refractivity contribution in [2.45, 2.75) is 20.3 Å². The van der Waals surface area contributed by atoms with Crippen molar-refractivity contribution in [1.29, 1.82) is 0 Å². The molecule has 20 heavy (non-hydrogen) atoms. The zero-order valence-corrected chi connectivity index (χ0v) is 12.2. The van der Waals surface area contributed by atoms with Crippen LogP contribution in [-0.2, 0) is 4.79 Å². The lowest BCUT2D eigenvalue weighted by Crippen LogP contribution is -2.37. The van der Waals surface area contributed by atoms with Gasteiger partial charge < -0.3 is 15.3 Å². The maximum atomic E-state index is 12.1. The summed E-state index contributed by atoms with van der Waals surface area (Å²) in [4.78, 5) is 24.8. The third-order valence-electron chi connectivity index (χ3n) is 3.64. The molecule has 1 saturated heterocycles. The van der Waals surface area contributed by atoms with Crippen molar-refractivity contribution < 1.29 is 14.7 Å². The number of nitrogens with one attached hydrogen (secondary N) is 1. The van der Waals surface area contributed by atoms with Crippen LogP contribution in [-0.4, -0.2) is 35.1 Å². The lowest BCUT2D eigenvalue weighted by molar-refractivity contribution is -0.146. The first-order valence-electron chi connectivity index (χ1n) is 6.37. The maximum absolute atomic E-state index is 12.1. The normalized spacial score (nSPS) is 21.9. The van der Waals surface area contributed by atoms with Crippen molar-refractivity contribution in [3.8, 4) is 0 Å². The average molecular weight is 297 g/mol. The zero-order chi connectivity index (χ0) is 14.9. The molecule has 0 aromatic heterocycles. The number of urea groups is 1. The standard InChI is InChI=1S/C14H17ClN2O3/c1-9-3-4-11(10(15)7-9)16-13(20)17-6-5-14(2,8-17)12(18)19/h3-4,7H,5-6,8H2,1-2H3,(H,16,20)(H,18,19). The van der Waals surface area contributed by atoms with Gasteiger partial charge in [0.2, 0.25) is 0 Å². The largest absolute Gasteiger partial charge is 0.481 e. The van der Waals surface area contributed by atoms with Crippen LogP contribution < -0.4 is 5.32 Å². The van der Waals surface area contributed by atoms with Gasteiger partial charge in [0.05, 0.1) is 16.1 Å². The van der Waals surface area contributed by atoms with Gasteiger partial charge in [0.15, 0.2) is 0 Å². The highest BCUT2D eigenvalue weighted by Gasteiger charge is 2.42. The summed E-state index contributed by atoms with van der Waals surface area (Å²) in [7, 11) is 0. The van der Waals surface area contributed by atoms with E-state index in [1.807, 2.05) is 13.0 Å². The Morgan fingerprint density at radius 3 is 2.70 bits per heavy atom. The van der Waals surface area contributed by atoms with Gasteiger partial charge in [-0.15, -0.1) is 0 Å². The minimum Gasteiger partial charge on any atom is -0.481 e. The van der Waals surface area contributed by atoms with Crippen molar-refractivity contribution in [3.63, 3.8) is 0 Å². The minimum atomic E-state index is -0.874. The van der Waals surface area contributed by atoms with Crippen LogP contribution in [0.2, 0.25) is 5.02 Å². The summed E-state index contributed by atoms with van der Waals surface area (Å²) in [5, 5.41) is 12.3. The number of carbonyl (C=O) groups excluding carboxylic acids is 1. The number of likely N-dealkylation sites (tertiary alicyclic amines) is 1. The molecule has 1 unspecified atom stereocenters. The van der Waals surface area contributed by atoms with Gasteiger partial charge in [0.1, 0.15) is 0 Å². The second-order valence-corrected chi connectivity index (χ2v) is 5.86. The molecule has 2 N–H and O–H groups in total. The first-order valence-corrected chi connectivity index (χ1v) is 6.75. The number of anilines is 1. The molecule has 1 atom stereocenters. The van der Waals surface area contributed by atoms with Gasteiger partial charge in [-0.25, -0.2) is 4.79 Å². The summed E-state index contributed by atoms with van der Waals surface area (Å²) in [6.07, 6.45) is 0.456. The summed E-state index contributed by atoms with van der Waals surface area (Å²) < 4.78 is 0. The fourth-order valence-electron chi connectivity index (χ4n) is 2.22. The van der Waals surface area contributed by atoms with Gasteiger partial charge in [-0.2, -0.15) is 0 Å². The summed E-state index contributed by atoms with van der Waals surface area (Å²) in [6.45, 7) is 4.20. The molecule has 0 radical (unpaired) electrons. The Hall–Kier alpha value is -1.75. The Labute approximate surface area is 122 Å². The van der Waals surface area contributed by atoms with E-state index in [0.717, 1.165) is 5.56 Å². The quantitative estimate of drug-likeness (QED) is 0.881. The highest BCUT2D eigenvalue weighted by atomic mass is 35.5. The third-order valence-corrected chi connectivity index (χ3v) is 3.96. The van der Waals surface area contributed by atoms with Crippen molar-refractivity contribution in [1.82, 2.24) is 4.90 Å². The molecular formula is C14H17ClN2O3. The molecule has 6 heteroatoms. The maximum Gasteiger partial charge on any atom is 0.321 e. The molecule has 1 aliphatic heterocycles. The highest BCUT2D eigenvalue weighted by Crippen LogP contribution is 2.31. The molecule has 1 aromatic carbocycles. The zero-order valence-electron chi connectivity index (χ0n) is 11.4. The Morgan fingerprint density at radius 2 is 2.15 bits per heavy atom. The van der Waals surface area contributed by atoms with E-state index in [1.165, 1.54) is 4.90 Å². The van der Waals surface area contributed by atoms with Crippen LogP contribution >= 0.6 is 11.6 Å². The number of rotatable bonds is 2. The van der Waals surface area contributed by atoms with Gasteiger partial charge in [-0.3, -0.25) is 4.79 Å². The Balaban J connectivity index is 2.05. The SMILES string of the molecule is Cc1ccc(NC(=O)N2CCC(C)(C(=O)O)C2)c(Cl)c1. The van der Waals surface area contributed by atoms with Crippen molar-refractivity contribution in [3.05, 3.63) is 28.8 Å². The second kappa shape index (κ2) is 5.32. The average Bonchev–Trinajstić information content (AvgIpc) is 2.77. The first-order chi connectivity index (χ1) is 9.32. The Bertz CT molecular complexity index is 561. The molecule has 0 saturated carbocycles. The van der Waals surface area contributed by atoms with Crippen molar-refractivity contribution >= 4 is 29.3 Å². The van der Waals surface area contributed by atoms with Gasteiger partial charge in [-0.1, -0.05) is 17.7 Å². The molecule has 0 aliphatic carbocycles. The fraction of sp³-hybridized carbons (Fsp3) is 0.429. The van der Waals surface area contributed by atoms with Gasteiger partial charge in [-0.05, 0) is 38.0 Å². The van der Waals surface area contributed by atoms with Crippen LogP contribution in [0.1, 0.15) is 18.9 Å². The molecule has 0 spiro atoms. The number of carboxylic acids is 1. The number of benzene rings is 1. The number of aliphatic carboxylic acids is 1. The Morgan fingerprint density at radius 1 is 1.45 bits per heavy atom. The summed E-state index contributed by atoms with van der Waals surface area (Å²) in [6, 6.07) is 5.04. The minimum absolute atomic E-state index is 0.206. The van der Waals surface area contributed by atoms with E-state index in [2.05, 4.69) is 5.32 Å². The van der Waals surface area contributed by atoms with E-state index in [-0.39, 0.29) is 12.6 Å². The van der Waals surface area contributed by atoms with E-state index < -0.39 is 11.4 Å². The number of carboxylic acid groups (broad SMARTS) is 1. The van der Waals surface area contributed by atoms with E-state index in [4.69, 9.17) is 16.7 Å². The monoisotopic (exact) mass is 296 g/mol. The number of amides is 2. The third kappa shape index (κ3) is 2.88. The lowest BCUT2D eigenvalue weighted by atomic mass is 9.90. The molecule has 1 aliphatic rings. The second-order valence-electron chi connectivity index (χ2n) is 5.45. The predicted molar refractivity (Wildman–Crippen MR) is 77.1 cm³/mol. The van der Waals surface area contributed by atoms with Gasteiger partial charge in [0, 0.05) is 13.1 Å². The molecule has 5 nitrogen and oxygen atoms in total. The molecule has 2 rings (SSSR count). The van der Waals surface area contributed by atoms with E-state index in [1.54, 1.807) is 19.1 Å². The highest BCUT2D eigenvalue weighted by molar-refractivity contribution is 6.33. The van der Waals surface area contributed by atoms with Crippen LogP contribution in [0.4, 0.5) is 10.5 Å². The van der Waals surface area contributed by atoms with Gasteiger partial charge >= 0.3 is 12.0 Å². The number of aryl methyl sites for hydroxylation is 1. The van der Waals surface area contributed by atoms with E-state index in [0.29, 0.717) is 23.7 Å². The molecule has 1 fully saturated rings. The smallest absolute Gasteiger partial charge is 0.321 e. The van der Waals surface area contributed by atoms with E-state index in [9.17, 15) is 9.59 Å². The molecular weight excluding hydrogens is 280 g/mol. The number of hydrogen-bond acceptors (Lipinski definition) is 2. The molecule has 108 valence electrons. The Kier molecular flexibility index (Phi) is 3.90. The van der Waals surface area contributed by atoms with Crippen molar-refractivity contribution in [2.24, 2.45) is 5.41 Å². The molecule has 2 amide bonds. The number of halogens is 1. The predicted octanol–water partition coefficient (Wildman–Crippen LogP) is 2.98. The number of nitrogens with zero attached hydrogens (tertiary/aromatic N) is 1. The number of hydrogen-bond donors (Lipinski definition) is 2. The van der Waals surface area contributed by atoms with Crippen LogP contribution in [0.3, 0.4) is 0 Å². The summed E-state index contributed by atoms with van der Waals surface area (Å²) in [5.41, 5.74) is 0.674. The van der Waals surface area contributed by atoms with Gasteiger partial charge in [0.25, 0.3) is 0 Å². The topological polar surface area (TPSA) is 69.6 Å². The summed E-state index contributed by atoms with van der Waals surface area (Å²) >= 11 is 6.06. The van der Waals surface area contributed by atoms with E-state index >= 15 is 0 Å². The van der Waals surface area contributed by atoms with Crippen LogP contribution in [0.25, 0.3) is 0 Å². The lowest BCUT2D eigenvalue weighted by Gasteiger charge is -2.20. The molecule has 1 aromatic rings. The number of carbonyl (C=O) groups is 2. The fourth-order valence-corrected chi connectivity index (χ4v) is 2.51. The molecule has 0 bridgehead atoms.